The Kier molecular flexibility index (Phi) is 5.41. The first-order chi connectivity index (χ1) is 11.4. The molecule has 0 bridgehead atoms. The van der Waals surface area contributed by atoms with Crippen molar-refractivity contribution in [2.75, 3.05) is 0 Å². The van der Waals surface area contributed by atoms with Crippen LogP contribution in [0.1, 0.15) is 24.6 Å². The maximum absolute atomic E-state index is 12.2. The molecule has 0 aliphatic heterocycles. The van der Waals surface area contributed by atoms with Gasteiger partial charge >= 0.3 is 5.97 Å². The zero-order valence-corrected chi connectivity index (χ0v) is 13.4. The van der Waals surface area contributed by atoms with Crippen molar-refractivity contribution >= 4 is 11.9 Å². The molecule has 8 heteroatoms. The monoisotopic (exact) mass is 330 g/mol. The van der Waals surface area contributed by atoms with E-state index in [1.807, 2.05) is 0 Å². The van der Waals surface area contributed by atoms with Gasteiger partial charge in [-0.2, -0.15) is 0 Å². The molecule has 0 fully saturated rings. The molecule has 0 aromatic carbocycles. The lowest BCUT2D eigenvalue weighted by molar-refractivity contribution is -0.141. The molecule has 24 heavy (non-hydrogen) atoms. The molecule has 2 aromatic rings. The van der Waals surface area contributed by atoms with E-state index in [1.54, 1.807) is 31.5 Å². The lowest BCUT2D eigenvalue weighted by Gasteiger charge is -2.10. The van der Waals surface area contributed by atoms with Crippen molar-refractivity contribution in [3.05, 3.63) is 46.1 Å². The van der Waals surface area contributed by atoms with E-state index in [0.717, 1.165) is 0 Å². The van der Waals surface area contributed by atoms with Crippen LogP contribution in [-0.2, 0) is 16.0 Å². The van der Waals surface area contributed by atoms with E-state index in [4.69, 9.17) is 5.11 Å². The minimum absolute atomic E-state index is 0.00938. The molecule has 0 radical (unpaired) electrons. The number of nitrogens with one attached hydrogen (secondary N) is 2. The van der Waals surface area contributed by atoms with E-state index < -0.39 is 17.9 Å². The zero-order valence-electron chi connectivity index (χ0n) is 13.4. The molecule has 0 saturated carbocycles. The molecule has 0 unspecified atom stereocenters. The molecular weight excluding hydrogens is 312 g/mol. The van der Waals surface area contributed by atoms with Gasteiger partial charge in [0.1, 0.15) is 11.9 Å². The number of aryl methyl sites for hydroxylation is 1. The van der Waals surface area contributed by atoms with Crippen LogP contribution >= 0.6 is 0 Å². The fourth-order valence-electron chi connectivity index (χ4n) is 2.16. The van der Waals surface area contributed by atoms with Crippen LogP contribution in [0.25, 0.3) is 11.4 Å². The Morgan fingerprint density at radius 3 is 2.75 bits per heavy atom. The minimum atomic E-state index is -1.11. The quantitative estimate of drug-likeness (QED) is 0.714. The topological polar surface area (TPSA) is 125 Å². The highest BCUT2D eigenvalue weighted by Crippen LogP contribution is 2.13. The Bertz CT molecular complexity index is 801. The summed E-state index contributed by atoms with van der Waals surface area (Å²) in [5.74, 6) is -1.13. The fourth-order valence-corrected chi connectivity index (χ4v) is 2.16. The van der Waals surface area contributed by atoms with Gasteiger partial charge in [-0.05, 0) is 32.4 Å². The molecule has 8 nitrogen and oxygen atoms in total. The maximum Gasteiger partial charge on any atom is 0.325 e. The number of hydrogen-bond acceptors (Lipinski definition) is 5. The van der Waals surface area contributed by atoms with E-state index in [0.29, 0.717) is 22.6 Å². The predicted molar refractivity (Wildman–Crippen MR) is 86.4 cm³/mol. The SMILES string of the molecule is Cc1nc(-c2cccnc2)[nH]c(=O)c1CCC(=O)N[C@@H](C)C(=O)O. The van der Waals surface area contributed by atoms with Gasteiger partial charge in [-0.3, -0.25) is 19.4 Å². The van der Waals surface area contributed by atoms with Crippen LogP contribution in [0.15, 0.2) is 29.3 Å². The first-order valence-corrected chi connectivity index (χ1v) is 7.41. The van der Waals surface area contributed by atoms with E-state index in [1.165, 1.54) is 6.92 Å². The number of hydrogen-bond donors (Lipinski definition) is 3. The second-order valence-corrected chi connectivity index (χ2v) is 5.35. The molecule has 3 N–H and O–H groups in total. The molecule has 2 heterocycles. The Morgan fingerprint density at radius 2 is 2.17 bits per heavy atom. The summed E-state index contributed by atoms with van der Waals surface area (Å²) in [6.07, 6.45) is 3.41. The third-order valence-electron chi connectivity index (χ3n) is 3.51. The average molecular weight is 330 g/mol. The fraction of sp³-hybridized carbons (Fsp3) is 0.312. The summed E-state index contributed by atoms with van der Waals surface area (Å²) in [5.41, 5.74) is 1.30. The number of amides is 1. The molecule has 2 rings (SSSR count). The van der Waals surface area contributed by atoms with Crippen LogP contribution in [-0.4, -0.2) is 38.0 Å². The van der Waals surface area contributed by atoms with E-state index in [9.17, 15) is 14.4 Å². The van der Waals surface area contributed by atoms with Crippen LogP contribution in [0.3, 0.4) is 0 Å². The number of aromatic nitrogens is 3. The predicted octanol–water partition coefficient (Wildman–Crippen LogP) is 0.662. The standard InChI is InChI=1S/C16H18N4O4/c1-9-12(5-6-13(21)18-10(2)16(23)24)15(22)20-14(19-9)11-4-3-7-17-8-11/h3-4,7-8,10H,5-6H2,1-2H3,(H,18,21)(H,23,24)(H,19,20,22)/t10-/m0/s1. The second-order valence-electron chi connectivity index (χ2n) is 5.35. The number of carbonyl (C=O) groups excluding carboxylic acids is 1. The number of aromatic amines is 1. The van der Waals surface area contributed by atoms with E-state index in [2.05, 4.69) is 20.3 Å². The molecule has 126 valence electrons. The van der Waals surface area contributed by atoms with E-state index in [-0.39, 0.29) is 18.4 Å². The highest BCUT2D eigenvalue weighted by Gasteiger charge is 2.15. The van der Waals surface area contributed by atoms with Crippen molar-refractivity contribution in [1.29, 1.82) is 0 Å². The van der Waals surface area contributed by atoms with Crippen LogP contribution in [0.2, 0.25) is 0 Å². The van der Waals surface area contributed by atoms with Gasteiger partial charge in [0.05, 0.1) is 0 Å². The van der Waals surface area contributed by atoms with Crippen molar-refractivity contribution in [1.82, 2.24) is 20.3 Å². The minimum Gasteiger partial charge on any atom is -0.480 e. The Morgan fingerprint density at radius 1 is 1.42 bits per heavy atom. The first-order valence-electron chi connectivity index (χ1n) is 7.41. The molecule has 1 atom stereocenters. The summed E-state index contributed by atoms with van der Waals surface area (Å²) in [7, 11) is 0. The van der Waals surface area contributed by atoms with Gasteiger partial charge in [-0.15, -0.1) is 0 Å². The third-order valence-corrected chi connectivity index (χ3v) is 3.51. The summed E-state index contributed by atoms with van der Waals surface area (Å²) in [6.45, 7) is 3.07. The Balaban J connectivity index is 2.11. The van der Waals surface area contributed by atoms with Crippen molar-refractivity contribution in [2.24, 2.45) is 0 Å². The second kappa shape index (κ2) is 7.49. The Labute approximate surface area is 138 Å². The molecule has 1 amide bonds. The summed E-state index contributed by atoms with van der Waals surface area (Å²) in [6, 6.07) is 2.56. The van der Waals surface area contributed by atoms with Crippen molar-refractivity contribution in [3.63, 3.8) is 0 Å². The highest BCUT2D eigenvalue weighted by atomic mass is 16.4. The number of aliphatic carboxylic acids is 1. The van der Waals surface area contributed by atoms with Crippen molar-refractivity contribution in [3.8, 4) is 11.4 Å². The highest BCUT2D eigenvalue weighted by molar-refractivity contribution is 5.83. The van der Waals surface area contributed by atoms with Crippen LogP contribution in [0.4, 0.5) is 0 Å². The number of nitrogens with zero attached hydrogens (tertiary/aromatic N) is 2. The summed E-state index contributed by atoms with van der Waals surface area (Å²) in [4.78, 5) is 45.7. The van der Waals surface area contributed by atoms with Gasteiger partial charge in [0, 0.05) is 35.6 Å². The van der Waals surface area contributed by atoms with Crippen molar-refractivity contribution < 1.29 is 14.7 Å². The van der Waals surface area contributed by atoms with Crippen molar-refractivity contribution in [2.45, 2.75) is 32.7 Å². The van der Waals surface area contributed by atoms with Gasteiger partial charge in [0.25, 0.3) is 5.56 Å². The lowest BCUT2D eigenvalue weighted by Crippen LogP contribution is -2.38. The van der Waals surface area contributed by atoms with Crippen LogP contribution < -0.4 is 10.9 Å². The van der Waals surface area contributed by atoms with Crippen LogP contribution in [0.5, 0.6) is 0 Å². The molecule has 0 saturated heterocycles. The van der Waals surface area contributed by atoms with Gasteiger partial charge in [-0.1, -0.05) is 0 Å². The molecule has 2 aromatic heterocycles. The molecule has 0 aliphatic carbocycles. The van der Waals surface area contributed by atoms with Gasteiger partial charge in [0.2, 0.25) is 5.91 Å². The van der Waals surface area contributed by atoms with Gasteiger partial charge in [-0.25, -0.2) is 4.98 Å². The normalized spacial score (nSPS) is 11.8. The smallest absolute Gasteiger partial charge is 0.325 e. The average Bonchev–Trinajstić information content (AvgIpc) is 2.54. The maximum atomic E-state index is 12.2. The first kappa shape index (κ1) is 17.3. The van der Waals surface area contributed by atoms with Crippen LogP contribution in [0, 0.1) is 6.92 Å². The number of pyridine rings is 1. The Hall–Kier alpha value is -3.03. The number of carboxylic acid groups (broad SMARTS) is 1. The lowest BCUT2D eigenvalue weighted by atomic mass is 10.1. The molecule has 0 spiro atoms. The largest absolute Gasteiger partial charge is 0.480 e. The number of H-pyrrole nitrogens is 1. The summed E-state index contributed by atoms with van der Waals surface area (Å²) >= 11 is 0. The molecule has 0 aliphatic rings. The summed E-state index contributed by atoms with van der Waals surface area (Å²) in [5, 5.41) is 11.1. The van der Waals surface area contributed by atoms with Gasteiger partial charge < -0.3 is 15.4 Å². The van der Waals surface area contributed by atoms with Gasteiger partial charge in [0.15, 0.2) is 0 Å². The van der Waals surface area contributed by atoms with E-state index >= 15 is 0 Å². The zero-order chi connectivity index (χ0) is 17.7. The summed E-state index contributed by atoms with van der Waals surface area (Å²) < 4.78 is 0. The number of carbonyl (C=O) groups is 2. The molecular formula is C16H18N4O4. The number of rotatable bonds is 6. The number of carboxylic acids is 1. The third kappa shape index (κ3) is 4.25.